The van der Waals surface area contributed by atoms with Crippen LogP contribution in [0.5, 0.6) is 5.75 Å². The molecule has 1 heterocycles. The van der Waals surface area contributed by atoms with Gasteiger partial charge in [0.1, 0.15) is 10.6 Å². The summed E-state index contributed by atoms with van der Waals surface area (Å²) in [7, 11) is -2.46. The van der Waals surface area contributed by atoms with Gasteiger partial charge in [-0.05, 0) is 60.9 Å². The van der Waals surface area contributed by atoms with Crippen LogP contribution in [0.25, 0.3) is 0 Å². The third kappa shape index (κ3) is 4.37. The quantitative estimate of drug-likeness (QED) is 0.578. The molecule has 6 nitrogen and oxygen atoms in total. The number of ether oxygens (including phenoxy) is 1. The number of nitrogens with zero attached hydrogens (tertiary/aromatic N) is 1. The molecule has 0 aliphatic carbocycles. The first-order valence-corrected chi connectivity index (χ1v) is 12.0. The monoisotopic (exact) mass is 470 g/mol. The summed E-state index contributed by atoms with van der Waals surface area (Å²) in [6, 6.07) is 19.3. The molecule has 8 heteroatoms. The highest BCUT2D eigenvalue weighted by molar-refractivity contribution is 7.89. The van der Waals surface area contributed by atoms with E-state index in [1.54, 1.807) is 23.1 Å². The second-order valence-corrected chi connectivity index (χ2v) is 9.85. The van der Waals surface area contributed by atoms with Crippen LogP contribution in [0, 0.1) is 0 Å². The number of sulfonamides is 1. The largest absolute Gasteiger partial charge is 0.495 e. The lowest BCUT2D eigenvalue weighted by Crippen LogP contribution is -2.35. The number of hydrogen-bond donors (Lipinski definition) is 1. The maximum Gasteiger partial charge on any atom is 0.258 e. The summed E-state index contributed by atoms with van der Waals surface area (Å²) in [5, 5.41) is 0.299. The molecule has 3 aromatic rings. The van der Waals surface area contributed by atoms with Crippen LogP contribution in [0.1, 0.15) is 28.4 Å². The molecule has 1 amide bonds. The number of benzene rings is 3. The van der Waals surface area contributed by atoms with Crippen molar-refractivity contribution in [3.05, 3.63) is 88.4 Å². The highest BCUT2D eigenvalue weighted by Gasteiger charge is 2.31. The van der Waals surface area contributed by atoms with E-state index in [2.05, 4.69) is 4.72 Å². The van der Waals surface area contributed by atoms with Crippen LogP contribution >= 0.6 is 11.6 Å². The number of carbonyl (C=O) groups is 1. The van der Waals surface area contributed by atoms with Crippen molar-refractivity contribution in [1.29, 1.82) is 0 Å². The van der Waals surface area contributed by atoms with Gasteiger partial charge in [0.05, 0.1) is 7.11 Å². The molecule has 32 heavy (non-hydrogen) atoms. The van der Waals surface area contributed by atoms with Crippen molar-refractivity contribution in [2.24, 2.45) is 0 Å². The number of hydrogen-bond acceptors (Lipinski definition) is 4. The molecule has 0 bridgehead atoms. The maximum atomic E-state index is 13.1. The topological polar surface area (TPSA) is 75.7 Å². The summed E-state index contributed by atoms with van der Waals surface area (Å²) >= 11 is 5.99. The number of halogens is 1. The predicted octanol–water partition coefficient (Wildman–Crippen LogP) is 4.42. The molecule has 1 atom stereocenters. The molecule has 0 spiro atoms. The minimum atomic E-state index is -3.86. The first-order chi connectivity index (χ1) is 15.3. The van der Waals surface area contributed by atoms with E-state index in [1.807, 2.05) is 43.3 Å². The Kier molecular flexibility index (Phi) is 6.24. The zero-order valence-electron chi connectivity index (χ0n) is 17.7. The molecule has 0 aromatic heterocycles. The minimum Gasteiger partial charge on any atom is -0.495 e. The summed E-state index contributed by atoms with van der Waals surface area (Å²) in [5.41, 5.74) is 3.23. The van der Waals surface area contributed by atoms with Crippen LogP contribution in [0.3, 0.4) is 0 Å². The van der Waals surface area contributed by atoms with Crippen LogP contribution in [-0.4, -0.2) is 27.5 Å². The SMILES string of the molecule is COc1ccc(Cl)cc1S(=O)(=O)NCc1ccc2c(c1)N(C(=O)c1ccccc1)C(C)C2. The maximum absolute atomic E-state index is 13.1. The summed E-state index contributed by atoms with van der Waals surface area (Å²) in [4.78, 5) is 14.9. The first kappa shape index (κ1) is 22.3. The van der Waals surface area contributed by atoms with E-state index in [0.717, 1.165) is 23.2 Å². The highest BCUT2D eigenvalue weighted by atomic mass is 35.5. The number of fused-ring (bicyclic) bond motifs is 1. The molecule has 1 aliphatic rings. The standard InChI is InChI=1S/C24H23ClN2O4S/c1-16-12-19-9-8-17(13-21(19)27(16)24(28)18-6-4-3-5-7-18)15-26-32(29,30)23-14-20(25)10-11-22(23)31-2/h3-11,13-14,16,26H,12,15H2,1-2H3. The van der Waals surface area contributed by atoms with Crippen LogP contribution in [-0.2, 0) is 23.0 Å². The molecular formula is C24H23ClN2O4S. The Morgan fingerprint density at radius 2 is 1.88 bits per heavy atom. The van der Waals surface area contributed by atoms with Crippen molar-refractivity contribution in [1.82, 2.24) is 4.72 Å². The van der Waals surface area contributed by atoms with Crippen LogP contribution in [0.4, 0.5) is 5.69 Å². The van der Waals surface area contributed by atoms with Gasteiger partial charge in [-0.1, -0.05) is 41.9 Å². The molecule has 1 N–H and O–H groups in total. The molecule has 4 rings (SSSR count). The Balaban J connectivity index is 1.58. The Labute approximate surface area is 192 Å². The Bertz CT molecular complexity index is 1260. The van der Waals surface area contributed by atoms with Crippen molar-refractivity contribution in [3.8, 4) is 5.75 Å². The molecule has 0 saturated carbocycles. The van der Waals surface area contributed by atoms with Crippen molar-refractivity contribution < 1.29 is 17.9 Å². The van der Waals surface area contributed by atoms with E-state index in [-0.39, 0.29) is 29.1 Å². The van der Waals surface area contributed by atoms with Crippen molar-refractivity contribution in [2.45, 2.75) is 30.8 Å². The number of methoxy groups -OCH3 is 1. The van der Waals surface area contributed by atoms with E-state index in [1.165, 1.54) is 19.2 Å². The number of amides is 1. The Morgan fingerprint density at radius 3 is 2.59 bits per heavy atom. The van der Waals surface area contributed by atoms with E-state index in [4.69, 9.17) is 16.3 Å². The predicted molar refractivity (Wildman–Crippen MR) is 125 cm³/mol. The lowest BCUT2D eigenvalue weighted by Gasteiger charge is -2.23. The molecular weight excluding hydrogens is 448 g/mol. The van der Waals surface area contributed by atoms with Gasteiger partial charge in [-0.3, -0.25) is 4.79 Å². The zero-order chi connectivity index (χ0) is 22.9. The van der Waals surface area contributed by atoms with Gasteiger partial charge in [0.15, 0.2) is 0 Å². The van der Waals surface area contributed by atoms with E-state index in [0.29, 0.717) is 10.6 Å². The molecule has 166 valence electrons. The number of anilines is 1. The summed E-state index contributed by atoms with van der Waals surface area (Å²) in [6.07, 6.45) is 0.750. The molecule has 0 saturated heterocycles. The van der Waals surface area contributed by atoms with E-state index >= 15 is 0 Å². The fourth-order valence-electron chi connectivity index (χ4n) is 3.91. The summed E-state index contributed by atoms with van der Waals surface area (Å²) in [6.45, 7) is 2.07. The Morgan fingerprint density at radius 1 is 1.12 bits per heavy atom. The lowest BCUT2D eigenvalue weighted by molar-refractivity contribution is 0.0981. The van der Waals surface area contributed by atoms with Gasteiger partial charge in [0, 0.05) is 28.9 Å². The molecule has 3 aromatic carbocycles. The van der Waals surface area contributed by atoms with Crippen molar-refractivity contribution in [2.75, 3.05) is 12.0 Å². The third-order valence-corrected chi connectivity index (χ3v) is 7.14. The fourth-order valence-corrected chi connectivity index (χ4v) is 5.36. The minimum absolute atomic E-state index is 0.0142. The third-order valence-electron chi connectivity index (χ3n) is 5.49. The van der Waals surface area contributed by atoms with Gasteiger partial charge < -0.3 is 9.64 Å². The van der Waals surface area contributed by atoms with E-state index in [9.17, 15) is 13.2 Å². The average Bonchev–Trinajstić information content (AvgIpc) is 3.12. The number of carbonyl (C=O) groups excluding carboxylic acids is 1. The number of nitrogens with one attached hydrogen (secondary N) is 1. The highest BCUT2D eigenvalue weighted by Crippen LogP contribution is 2.34. The average molecular weight is 471 g/mol. The molecule has 0 radical (unpaired) electrons. The second kappa shape index (κ2) is 8.94. The lowest BCUT2D eigenvalue weighted by atomic mass is 10.1. The van der Waals surface area contributed by atoms with Gasteiger partial charge in [-0.25, -0.2) is 13.1 Å². The smallest absolute Gasteiger partial charge is 0.258 e. The summed E-state index contributed by atoms with van der Waals surface area (Å²) in [5.74, 6) is 0.141. The van der Waals surface area contributed by atoms with Gasteiger partial charge in [-0.15, -0.1) is 0 Å². The molecule has 1 unspecified atom stereocenters. The van der Waals surface area contributed by atoms with Gasteiger partial charge >= 0.3 is 0 Å². The molecule has 1 aliphatic heterocycles. The van der Waals surface area contributed by atoms with Gasteiger partial charge in [0.2, 0.25) is 10.0 Å². The number of rotatable bonds is 6. The fraction of sp³-hybridized carbons (Fsp3) is 0.208. The van der Waals surface area contributed by atoms with Crippen molar-refractivity contribution >= 4 is 33.2 Å². The zero-order valence-corrected chi connectivity index (χ0v) is 19.3. The van der Waals surface area contributed by atoms with Gasteiger partial charge in [-0.2, -0.15) is 0 Å². The van der Waals surface area contributed by atoms with E-state index < -0.39 is 10.0 Å². The Hall–Kier alpha value is -2.87. The first-order valence-electron chi connectivity index (χ1n) is 10.1. The van der Waals surface area contributed by atoms with Crippen molar-refractivity contribution in [3.63, 3.8) is 0 Å². The second-order valence-electron chi connectivity index (χ2n) is 7.68. The normalized spacial score (nSPS) is 15.5. The van der Waals surface area contributed by atoms with Crippen LogP contribution < -0.4 is 14.4 Å². The van der Waals surface area contributed by atoms with Gasteiger partial charge in [0.25, 0.3) is 5.91 Å². The molecule has 0 fully saturated rings. The van der Waals surface area contributed by atoms with Crippen LogP contribution in [0.15, 0.2) is 71.6 Å². The van der Waals surface area contributed by atoms with Crippen LogP contribution in [0.2, 0.25) is 5.02 Å². The summed E-state index contributed by atoms with van der Waals surface area (Å²) < 4.78 is 33.5.